The minimum Gasteiger partial charge on any atom is -0.369 e. The van der Waals surface area contributed by atoms with Gasteiger partial charge in [0.15, 0.2) is 0 Å². The highest BCUT2D eigenvalue weighted by Crippen LogP contribution is 2.27. The van der Waals surface area contributed by atoms with E-state index >= 15 is 0 Å². The van der Waals surface area contributed by atoms with Crippen molar-refractivity contribution in [1.29, 1.82) is 0 Å². The van der Waals surface area contributed by atoms with Crippen molar-refractivity contribution in [2.75, 3.05) is 31.1 Å². The van der Waals surface area contributed by atoms with Crippen LogP contribution in [0.25, 0.3) is 0 Å². The molecule has 0 spiro atoms. The maximum absolute atomic E-state index is 13.5. The normalized spacial score (nSPS) is 20.9. The van der Waals surface area contributed by atoms with Gasteiger partial charge in [0.1, 0.15) is 5.82 Å². The number of benzene rings is 1. The largest absolute Gasteiger partial charge is 0.369 e. The van der Waals surface area contributed by atoms with E-state index in [2.05, 4.69) is 4.90 Å². The fraction of sp³-hybridized carbons (Fsp3) is 0.600. The molecule has 2 aliphatic rings. The molecule has 1 aromatic carbocycles. The second-order valence-corrected chi connectivity index (χ2v) is 5.89. The van der Waals surface area contributed by atoms with E-state index in [0.717, 1.165) is 32.2 Å². The molecule has 114 valence electrons. The summed E-state index contributed by atoms with van der Waals surface area (Å²) in [6.45, 7) is 3.51. The molecular weight excluding hydrogens is 273 g/mol. The highest BCUT2D eigenvalue weighted by atomic mass is 19.1. The zero-order valence-corrected chi connectivity index (χ0v) is 12.0. The minimum atomic E-state index is -0.544. The van der Waals surface area contributed by atoms with Gasteiger partial charge in [-0.15, -0.1) is 0 Å². The molecule has 0 amide bonds. The number of anilines is 1. The average molecular weight is 293 g/mol. The summed E-state index contributed by atoms with van der Waals surface area (Å²) in [4.78, 5) is 14.8. The number of nitrogens with zero attached hydrogens (tertiary/aromatic N) is 3. The summed E-state index contributed by atoms with van der Waals surface area (Å²) in [5, 5.41) is 10.8. The summed E-state index contributed by atoms with van der Waals surface area (Å²) in [7, 11) is 0. The van der Waals surface area contributed by atoms with Crippen molar-refractivity contribution in [2.45, 2.75) is 31.7 Å². The number of halogens is 1. The smallest absolute Gasteiger partial charge is 0.274 e. The Bertz CT molecular complexity index is 524. The lowest BCUT2D eigenvalue weighted by molar-refractivity contribution is -0.385. The summed E-state index contributed by atoms with van der Waals surface area (Å²) in [6.07, 6.45) is 5.21. The molecule has 1 aromatic rings. The third-order valence-electron chi connectivity index (χ3n) is 4.60. The molecule has 1 aliphatic carbocycles. The van der Waals surface area contributed by atoms with Gasteiger partial charge in [-0.2, -0.15) is 0 Å². The van der Waals surface area contributed by atoms with Gasteiger partial charge < -0.3 is 4.90 Å². The molecule has 0 bridgehead atoms. The van der Waals surface area contributed by atoms with Crippen molar-refractivity contribution in [2.24, 2.45) is 0 Å². The van der Waals surface area contributed by atoms with E-state index in [1.54, 1.807) is 0 Å². The Morgan fingerprint density at radius 1 is 1.10 bits per heavy atom. The predicted octanol–water partition coefficient (Wildman–Crippen LogP) is 2.80. The molecule has 0 N–H and O–H groups in total. The van der Waals surface area contributed by atoms with E-state index in [9.17, 15) is 14.5 Å². The van der Waals surface area contributed by atoms with Gasteiger partial charge in [0.05, 0.1) is 11.0 Å². The van der Waals surface area contributed by atoms with Crippen molar-refractivity contribution in [3.8, 4) is 0 Å². The van der Waals surface area contributed by atoms with Crippen molar-refractivity contribution < 1.29 is 9.31 Å². The Morgan fingerprint density at radius 2 is 1.76 bits per heavy atom. The standard InChI is InChI=1S/C15H20FN3O2/c16-12-9-14(11-15(10-12)19(20)21)18-7-5-17(6-8-18)13-3-1-2-4-13/h9-11,13H,1-8H2. The van der Waals surface area contributed by atoms with Crippen LogP contribution < -0.4 is 4.90 Å². The molecule has 5 nitrogen and oxygen atoms in total. The molecule has 0 unspecified atom stereocenters. The average Bonchev–Trinajstić information content (AvgIpc) is 3.01. The lowest BCUT2D eigenvalue weighted by Crippen LogP contribution is -2.49. The monoisotopic (exact) mass is 293 g/mol. The van der Waals surface area contributed by atoms with E-state index in [4.69, 9.17) is 0 Å². The molecule has 0 atom stereocenters. The topological polar surface area (TPSA) is 49.6 Å². The van der Waals surface area contributed by atoms with Crippen LogP contribution in [0.2, 0.25) is 0 Å². The van der Waals surface area contributed by atoms with Crippen LogP contribution in [0.15, 0.2) is 18.2 Å². The summed E-state index contributed by atoms with van der Waals surface area (Å²) < 4.78 is 13.5. The van der Waals surface area contributed by atoms with E-state index in [0.29, 0.717) is 11.7 Å². The Hall–Kier alpha value is -1.69. The van der Waals surface area contributed by atoms with Gasteiger partial charge in [-0.25, -0.2) is 4.39 Å². The predicted molar refractivity (Wildman–Crippen MR) is 79.1 cm³/mol. The SMILES string of the molecule is O=[N+]([O-])c1cc(F)cc(N2CCN(C3CCCC3)CC2)c1. The van der Waals surface area contributed by atoms with E-state index in [-0.39, 0.29) is 5.69 Å². The van der Waals surface area contributed by atoms with Crippen LogP contribution >= 0.6 is 0 Å². The third kappa shape index (κ3) is 3.15. The lowest BCUT2D eigenvalue weighted by atomic mass is 10.1. The number of nitro benzene ring substituents is 1. The molecule has 3 rings (SSSR count). The van der Waals surface area contributed by atoms with Gasteiger partial charge in [-0.05, 0) is 18.9 Å². The first-order valence-corrected chi connectivity index (χ1v) is 7.57. The van der Waals surface area contributed by atoms with E-state index in [1.807, 2.05) is 4.90 Å². The third-order valence-corrected chi connectivity index (χ3v) is 4.60. The maximum Gasteiger partial charge on any atom is 0.274 e. The number of piperazine rings is 1. The number of non-ortho nitro benzene ring substituents is 1. The quantitative estimate of drug-likeness (QED) is 0.635. The van der Waals surface area contributed by atoms with Gasteiger partial charge >= 0.3 is 0 Å². The van der Waals surface area contributed by atoms with E-state index in [1.165, 1.54) is 37.8 Å². The van der Waals surface area contributed by atoms with Crippen LogP contribution in [0.1, 0.15) is 25.7 Å². The second-order valence-electron chi connectivity index (χ2n) is 5.89. The summed E-state index contributed by atoms with van der Waals surface area (Å²) >= 11 is 0. The maximum atomic E-state index is 13.5. The van der Waals surface area contributed by atoms with Crippen LogP contribution in [0.3, 0.4) is 0 Å². The molecule has 0 aromatic heterocycles. The van der Waals surface area contributed by atoms with Gasteiger partial charge in [0, 0.05) is 44.0 Å². The minimum absolute atomic E-state index is 0.178. The van der Waals surface area contributed by atoms with Gasteiger partial charge in [0.2, 0.25) is 0 Å². The van der Waals surface area contributed by atoms with Crippen LogP contribution in [0, 0.1) is 15.9 Å². The molecule has 1 heterocycles. The Balaban J connectivity index is 1.67. The lowest BCUT2D eigenvalue weighted by Gasteiger charge is -2.39. The molecular formula is C15H20FN3O2. The van der Waals surface area contributed by atoms with Crippen LogP contribution in [-0.2, 0) is 0 Å². The van der Waals surface area contributed by atoms with E-state index < -0.39 is 10.7 Å². The van der Waals surface area contributed by atoms with Gasteiger partial charge in [0.25, 0.3) is 5.69 Å². The number of hydrogen-bond acceptors (Lipinski definition) is 4. The summed E-state index contributed by atoms with van der Waals surface area (Å²) in [5.41, 5.74) is 0.441. The first-order chi connectivity index (χ1) is 10.1. The van der Waals surface area contributed by atoms with Crippen molar-refractivity contribution >= 4 is 11.4 Å². The number of nitro groups is 1. The second kappa shape index (κ2) is 5.97. The zero-order chi connectivity index (χ0) is 14.8. The summed E-state index contributed by atoms with van der Waals surface area (Å²) in [6, 6.07) is 4.53. The molecule has 21 heavy (non-hydrogen) atoms. The molecule has 0 radical (unpaired) electrons. The van der Waals surface area contributed by atoms with Gasteiger partial charge in [-0.3, -0.25) is 15.0 Å². The molecule has 2 fully saturated rings. The Morgan fingerprint density at radius 3 is 2.38 bits per heavy atom. The van der Waals surface area contributed by atoms with Crippen LogP contribution in [-0.4, -0.2) is 42.0 Å². The summed E-state index contributed by atoms with van der Waals surface area (Å²) in [5.74, 6) is -0.544. The molecule has 1 saturated carbocycles. The van der Waals surface area contributed by atoms with Crippen LogP contribution in [0.5, 0.6) is 0 Å². The number of hydrogen-bond donors (Lipinski definition) is 0. The highest BCUT2D eigenvalue weighted by Gasteiger charge is 2.26. The van der Waals surface area contributed by atoms with Crippen molar-refractivity contribution in [3.63, 3.8) is 0 Å². The molecule has 1 saturated heterocycles. The van der Waals surface area contributed by atoms with Crippen molar-refractivity contribution in [3.05, 3.63) is 34.1 Å². The Kier molecular flexibility index (Phi) is 4.05. The number of rotatable bonds is 3. The zero-order valence-electron chi connectivity index (χ0n) is 12.0. The molecule has 1 aliphatic heterocycles. The Labute approximate surface area is 123 Å². The first-order valence-electron chi connectivity index (χ1n) is 7.57. The fourth-order valence-corrected chi connectivity index (χ4v) is 3.46. The fourth-order valence-electron chi connectivity index (χ4n) is 3.46. The van der Waals surface area contributed by atoms with Gasteiger partial charge in [-0.1, -0.05) is 12.8 Å². The van der Waals surface area contributed by atoms with Crippen molar-refractivity contribution in [1.82, 2.24) is 4.90 Å². The first kappa shape index (κ1) is 14.3. The highest BCUT2D eigenvalue weighted by molar-refractivity contribution is 5.54. The molecule has 6 heteroatoms. The van der Waals surface area contributed by atoms with Crippen LogP contribution in [0.4, 0.5) is 15.8 Å².